The van der Waals surface area contributed by atoms with Crippen LogP contribution in [-0.4, -0.2) is 15.9 Å². The highest BCUT2D eigenvalue weighted by atomic mass is 127. The highest BCUT2D eigenvalue weighted by Crippen LogP contribution is 2.32. The summed E-state index contributed by atoms with van der Waals surface area (Å²) in [5.41, 5.74) is 1.02. The van der Waals surface area contributed by atoms with Crippen molar-refractivity contribution in [1.82, 2.24) is 9.78 Å². The molecule has 2 aromatic rings. The first-order chi connectivity index (χ1) is 8.08. The lowest BCUT2D eigenvalue weighted by atomic mass is 10.3. The topological polar surface area (TPSA) is 27.1 Å². The Bertz CT molecular complexity index is 511. The van der Waals surface area contributed by atoms with Crippen LogP contribution in [0.15, 0.2) is 35.1 Å². The Kier molecular flexibility index (Phi) is 4.09. The van der Waals surface area contributed by atoms with Crippen molar-refractivity contribution in [3.8, 4) is 11.4 Å². The Morgan fingerprint density at radius 1 is 1.41 bits per heavy atom. The molecule has 0 radical (unpaired) electrons. The van der Waals surface area contributed by atoms with Gasteiger partial charge in [0.2, 0.25) is 0 Å². The molecule has 0 amide bonds. The van der Waals surface area contributed by atoms with Crippen LogP contribution in [0.25, 0.3) is 5.69 Å². The molecule has 1 heterocycles. The number of halogens is 2. The normalized spacial score (nSPS) is 10.9. The van der Waals surface area contributed by atoms with E-state index in [1.807, 2.05) is 42.9 Å². The second-order valence-corrected chi connectivity index (χ2v) is 5.87. The predicted octanol–water partition coefficient (Wildman–Crippen LogP) is 4.03. The maximum absolute atomic E-state index is 5.75. The van der Waals surface area contributed by atoms with E-state index in [4.69, 9.17) is 4.74 Å². The minimum Gasteiger partial charge on any atom is -0.490 e. The van der Waals surface area contributed by atoms with Gasteiger partial charge in [0.15, 0.2) is 0 Å². The van der Waals surface area contributed by atoms with E-state index in [2.05, 4.69) is 43.6 Å². The van der Waals surface area contributed by atoms with Crippen LogP contribution in [0, 0.1) is 3.57 Å². The van der Waals surface area contributed by atoms with Crippen LogP contribution in [0.4, 0.5) is 0 Å². The Labute approximate surface area is 122 Å². The Balaban J connectivity index is 2.46. The predicted molar refractivity (Wildman–Crippen MR) is 79.7 cm³/mol. The molecule has 0 fully saturated rings. The summed E-state index contributed by atoms with van der Waals surface area (Å²) in [7, 11) is 0. The summed E-state index contributed by atoms with van der Waals surface area (Å²) < 4.78 is 9.67. The molecule has 0 aliphatic rings. The second-order valence-electron chi connectivity index (χ2n) is 3.85. The fourth-order valence-electron chi connectivity index (χ4n) is 1.45. The van der Waals surface area contributed by atoms with Crippen molar-refractivity contribution in [2.45, 2.75) is 20.0 Å². The molecule has 0 aliphatic carbocycles. The third-order valence-electron chi connectivity index (χ3n) is 2.12. The maximum Gasteiger partial charge on any atom is 0.136 e. The smallest absolute Gasteiger partial charge is 0.136 e. The summed E-state index contributed by atoms with van der Waals surface area (Å²) in [5.74, 6) is 0.839. The zero-order chi connectivity index (χ0) is 12.4. The zero-order valence-electron chi connectivity index (χ0n) is 9.52. The van der Waals surface area contributed by atoms with Crippen molar-refractivity contribution in [3.63, 3.8) is 0 Å². The van der Waals surface area contributed by atoms with E-state index in [1.165, 1.54) is 0 Å². The fourth-order valence-corrected chi connectivity index (χ4v) is 3.03. The van der Waals surface area contributed by atoms with Gasteiger partial charge in [0.1, 0.15) is 5.75 Å². The minimum atomic E-state index is 0.150. The molecule has 0 aliphatic heterocycles. The summed E-state index contributed by atoms with van der Waals surface area (Å²) in [4.78, 5) is 0. The van der Waals surface area contributed by atoms with Gasteiger partial charge < -0.3 is 4.74 Å². The Morgan fingerprint density at radius 3 is 2.76 bits per heavy atom. The number of nitrogens with zero attached hydrogens (tertiary/aromatic N) is 2. The molecule has 0 saturated carbocycles. The van der Waals surface area contributed by atoms with Gasteiger partial charge in [0, 0.05) is 22.0 Å². The van der Waals surface area contributed by atoms with Gasteiger partial charge in [-0.3, -0.25) is 0 Å². The van der Waals surface area contributed by atoms with Gasteiger partial charge in [-0.05, 0) is 64.5 Å². The standard InChI is InChI=1S/C12H12BrIN2O/c1-8(2)17-12-7-11(10(14)6-9(12)13)16-5-3-4-15-16/h3-8H,1-2H3. The van der Waals surface area contributed by atoms with Gasteiger partial charge in [-0.1, -0.05) is 0 Å². The van der Waals surface area contributed by atoms with Gasteiger partial charge in [-0.15, -0.1) is 0 Å². The van der Waals surface area contributed by atoms with Gasteiger partial charge in [0.05, 0.1) is 16.3 Å². The van der Waals surface area contributed by atoms with E-state index in [1.54, 1.807) is 6.20 Å². The Morgan fingerprint density at radius 2 is 2.18 bits per heavy atom. The molecule has 0 unspecified atom stereocenters. The van der Waals surface area contributed by atoms with Crippen LogP contribution < -0.4 is 4.74 Å². The van der Waals surface area contributed by atoms with Crippen LogP contribution in [0.2, 0.25) is 0 Å². The lowest BCUT2D eigenvalue weighted by molar-refractivity contribution is 0.240. The molecule has 5 heteroatoms. The Hall–Kier alpha value is -0.560. The van der Waals surface area contributed by atoms with E-state index >= 15 is 0 Å². The van der Waals surface area contributed by atoms with Crippen LogP contribution in [0.5, 0.6) is 5.75 Å². The molecule has 17 heavy (non-hydrogen) atoms. The summed E-state index contributed by atoms with van der Waals surface area (Å²) in [5, 5.41) is 4.24. The van der Waals surface area contributed by atoms with Crippen molar-refractivity contribution < 1.29 is 4.74 Å². The number of hydrogen-bond donors (Lipinski definition) is 0. The molecular formula is C12H12BrIN2O. The molecule has 0 spiro atoms. The van der Waals surface area contributed by atoms with Crippen molar-refractivity contribution in [1.29, 1.82) is 0 Å². The first kappa shape index (κ1) is 12.9. The highest BCUT2D eigenvalue weighted by Gasteiger charge is 2.10. The van der Waals surface area contributed by atoms with Crippen molar-refractivity contribution in [3.05, 3.63) is 38.6 Å². The lowest BCUT2D eigenvalue weighted by Gasteiger charge is -2.14. The van der Waals surface area contributed by atoms with Gasteiger partial charge in [0.25, 0.3) is 0 Å². The summed E-state index contributed by atoms with van der Waals surface area (Å²) in [6.45, 7) is 4.02. The lowest BCUT2D eigenvalue weighted by Crippen LogP contribution is -2.07. The number of rotatable bonds is 3. The van der Waals surface area contributed by atoms with Crippen LogP contribution >= 0.6 is 38.5 Å². The number of hydrogen-bond acceptors (Lipinski definition) is 2. The molecule has 0 atom stereocenters. The van der Waals surface area contributed by atoms with Gasteiger partial charge in [-0.25, -0.2) is 4.68 Å². The van der Waals surface area contributed by atoms with Gasteiger partial charge in [-0.2, -0.15) is 5.10 Å². The SMILES string of the molecule is CC(C)Oc1cc(-n2cccn2)c(I)cc1Br. The van der Waals surface area contributed by atoms with E-state index in [0.29, 0.717) is 0 Å². The molecule has 3 nitrogen and oxygen atoms in total. The number of ether oxygens (including phenoxy) is 1. The molecule has 0 saturated heterocycles. The van der Waals surface area contributed by atoms with E-state index in [9.17, 15) is 0 Å². The van der Waals surface area contributed by atoms with Crippen LogP contribution in [0.1, 0.15) is 13.8 Å². The average molecular weight is 407 g/mol. The zero-order valence-corrected chi connectivity index (χ0v) is 13.3. The summed E-state index contributed by atoms with van der Waals surface area (Å²) in [6, 6.07) is 5.94. The molecule has 0 N–H and O–H groups in total. The number of benzene rings is 1. The minimum absolute atomic E-state index is 0.150. The average Bonchev–Trinajstić information content (AvgIpc) is 2.74. The van der Waals surface area contributed by atoms with Crippen molar-refractivity contribution in [2.24, 2.45) is 0 Å². The monoisotopic (exact) mass is 406 g/mol. The first-order valence-electron chi connectivity index (χ1n) is 5.23. The van der Waals surface area contributed by atoms with Crippen LogP contribution in [0.3, 0.4) is 0 Å². The molecule has 1 aromatic carbocycles. The second kappa shape index (κ2) is 5.39. The summed E-state index contributed by atoms with van der Waals surface area (Å²) >= 11 is 5.80. The van der Waals surface area contributed by atoms with Crippen molar-refractivity contribution >= 4 is 38.5 Å². The largest absolute Gasteiger partial charge is 0.490 e. The molecule has 2 rings (SSSR count). The third-order valence-corrected chi connectivity index (χ3v) is 3.60. The highest BCUT2D eigenvalue weighted by molar-refractivity contribution is 14.1. The number of aromatic nitrogens is 2. The van der Waals surface area contributed by atoms with E-state index in [-0.39, 0.29) is 6.10 Å². The molecular weight excluding hydrogens is 395 g/mol. The molecule has 0 bridgehead atoms. The quantitative estimate of drug-likeness (QED) is 0.719. The van der Waals surface area contributed by atoms with Gasteiger partial charge >= 0.3 is 0 Å². The molecule has 1 aromatic heterocycles. The third kappa shape index (κ3) is 3.01. The summed E-state index contributed by atoms with van der Waals surface area (Å²) in [6.07, 6.45) is 3.84. The van der Waals surface area contributed by atoms with E-state index in [0.717, 1.165) is 19.5 Å². The first-order valence-corrected chi connectivity index (χ1v) is 7.11. The van der Waals surface area contributed by atoms with Crippen LogP contribution in [-0.2, 0) is 0 Å². The fraction of sp³-hybridized carbons (Fsp3) is 0.250. The van der Waals surface area contributed by atoms with E-state index < -0.39 is 0 Å². The molecule has 90 valence electrons. The van der Waals surface area contributed by atoms with Crippen molar-refractivity contribution in [2.75, 3.05) is 0 Å². The maximum atomic E-state index is 5.75.